The highest BCUT2D eigenvalue weighted by Gasteiger charge is 2.19. The molecule has 12 rings (SSSR count). The topological polar surface area (TPSA) is 13.1 Å². The van der Waals surface area contributed by atoms with Crippen LogP contribution in [0.1, 0.15) is 24.7 Å². The van der Waals surface area contributed by atoms with Gasteiger partial charge in [-0.15, -0.1) is 0 Å². The van der Waals surface area contributed by atoms with Gasteiger partial charge >= 0.3 is 0 Å². The highest BCUT2D eigenvalue weighted by molar-refractivity contribution is 6.27. The summed E-state index contributed by atoms with van der Waals surface area (Å²) in [7, 11) is 0. The third kappa shape index (κ3) is 3.75. The van der Waals surface area contributed by atoms with Gasteiger partial charge in [0.05, 0.1) is 24.7 Å². The molecule has 0 radical (unpaired) electrons. The third-order valence-corrected chi connectivity index (χ3v) is 9.89. The van der Waals surface area contributed by atoms with E-state index >= 15 is 0 Å². The molecule has 1 heterocycles. The SMILES string of the molecule is [2H]c1c([2H])c2c([2H])c([2H])c3c([2H])c([2H])c(-c4ccc(-c5ccc6c(c5)oc5ccccc56)c(-c5c([2H])c([2H])c6c([2H])c([2H])c7c([2H])c([2H])c([2H])c8c([2H])c([2H])c5c6c78)c4)c4c([2H])c([2H])c(c1[2H])c2c34. The average Bonchev–Trinajstić information content (AvgIpc) is 3.71. The van der Waals surface area contributed by atoms with E-state index in [1.807, 2.05) is 30.3 Å². The molecule has 0 unspecified atom stereocenters. The van der Waals surface area contributed by atoms with E-state index in [-0.39, 0.29) is 86.9 Å². The van der Waals surface area contributed by atoms with Crippen LogP contribution in [0.5, 0.6) is 0 Å². The van der Waals surface area contributed by atoms with Crippen molar-refractivity contribution in [2.75, 3.05) is 0 Å². The molecular weight excluding hydrogens is 617 g/mol. The maximum absolute atomic E-state index is 9.75. The summed E-state index contributed by atoms with van der Waals surface area (Å²) in [6, 6.07) is 7.73. The van der Waals surface area contributed by atoms with Gasteiger partial charge in [-0.25, -0.2) is 0 Å². The molecule has 1 heteroatoms. The molecule has 0 bridgehead atoms. The second-order valence-corrected chi connectivity index (χ2v) is 12.6. The van der Waals surface area contributed by atoms with Gasteiger partial charge in [-0.1, -0.05) is 145 Å². The Morgan fingerprint density at radius 3 is 1.53 bits per heavy atom. The van der Waals surface area contributed by atoms with E-state index in [0.29, 0.717) is 22.3 Å². The van der Waals surface area contributed by atoms with Crippen molar-refractivity contribution >= 4 is 86.6 Å². The zero-order valence-corrected chi connectivity index (χ0v) is 26.2. The fourth-order valence-corrected chi connectivity index (χ4v) is 7.60. The van der Waals surface area contributed by atoms with Crippen molar-refractivity contribution in [2.24, 2.45) is 0 Å². The third-order valence-electron chi connectivity index (χ3n) is 9.89. The van der Waals surface area contributed by atoms with Crippen LogP contribution in [0.25, 0.3) is 120 Å². The zero-order chi connectivity index (χ0) is 48.9. The monoisotopic (exact) mass is 662 g/mol. The average molecular weight is 663 g/mol. The summed E-state index contributed by atoms with van der Waals surface area (Å²) in [5.41, 5.74) is 1.99. The van der Waals surface area contributed by atoms with Gasteiger partial charge in [0, 0.05) is 10.8 Å². The van der Waals surface area contributed by atoms with Crippen molar-refractivity contribution in [2.45, 2.75) is 0 Å². The molecule has 0 aliphatic rings. The smallest absolute Gasteiger partial charge is 0.136 e. The van der Waals surface area contributed by atoms with Crippen LogP contribution in [0.15, 0.2) is 174 Å². The lowest BCUT2D eigenvalue weighted by atomic mass is 9.85. The van der Waals surface area contributed by atoms with Gasteiger partial charge in [-0.05, 0) is 122 Å². The molecule has 0 atom stereocenters. The number of hydrogen-bond acceptors (Lipinski definition) is 1. The van der Waals surface area contributed by atoms with E-state index in [2.05, 4.69) is 0 Å². The molecule has 12 aromatic rings. The summed E-state index contributed by atoms with van der Waals surface area (Å²) < 4.78 is 171. The fraction of sp³-hybridized carbons (Fsp3) is 0. The lowest BCUT2D eigenvalue weighted by Gasteiger charge is -2.19. The summed E-state index contributed by atoms with van der Waals surface area (Å²) in [4.78, 5) is 0. The maximum Gasteiger partial charge on any atom is 0.136 e. The highest BCUT2D eigenvalue weighted by atomic mass is 16.3. The first-order valence-electron chi connectivity index (χ1n) is 25.2. The van der Waals surface area contributed by atoms with Crippen molar-refractivity contribution in [3.05, 3.63) is 169 Å². The molecule has 234 valence electrons. The quantitative estimate of drug-likeness (QED) is 0.172. The summed E-state index contributed by atoms with van der Waals surface area (Å²) in [5, 5.41) is -0.109. The summed E-state index contributed by atoms with van der Waals surface area (Å²) >= 11 is 0. The van der Waals surface area contributed by atoms with Crippen LogP contribution in [-0.2, 0) is 0 Å². The molecule has 1 aromatic heterocycles. The lowest BCUT2D eigenvalue weighted by molar-refractivity contribution is 0.669. The van der Waals surface area contributed by atoms with E-state index in [4.69, 9.17) is 18.1 Å². The highest BCUT2D eigenvalue weighted by Crippen LogP contribution is 2.46. The van der Waals surface area contributed by atoms with Gasteiger partial charge in [0.2, 0.25) is 0 Å². The number of benzene rings is 11. The molecule has 0 saturated heterocycles. The lowest BCUT2D eigenvalue weighted by Crippen LogP contribution is -1.92. The molecule has 0 amide bonds. The first kappa shape index (κ1) is 15.5. The Hall–Kier alpha value is -6.70. The molecule has 0 N–H and O–H groups in total. The van der Waals surface area contributed by atoms with E-state index in [1.165, 1.54) is 6.07 Å². The number of fused-ring (bicyclic) bond motifs is 3. The number of rotatable bonds is 3. The molecule has 0 spiro atoms. The van der Waals surface area contributed by atoms with E-state index in [9.17, 15) is 11.0 Å². The van der Waals surface area contributed by atoms with Crippen LogP contribution in [0.3, 0.4) is 0 Å². The van der Waals surface area contributed by atoms with Crippen molar-refractivity contribution < 1.29 is 29.1 Å². The molecule has 0 fully saturated rings. The predicted octanol–water partition coefficient (Wildman–Crippen LogP) is 14.4. The predicted molar refractivity (Wildman–Crippen MR) is 217 cm³/mol. The van der Waals surface area contributed by atoms with Crippen LogP contribution in [-0.4, -0.2) is 0 Å². The van der Waals surface area contributed by atoms with E-state index in [0.717, 1.165) is 10.8 Å². The maximum atomic E-state index is 9.75. The van der Waals surface area contributed by atoms with Crippen LogP contribution in [0.4, 0.5) is 0 Å². The first-order valence-corrected chi connectivity index (χ1v) is 16.2. The molecule has 1 nitrogen and oxygen atoms in total. The summed E-state index contributed by atoms with van der Waals surface area (Å²) in [6.45, 7) is 0. The Bertz CT molecular complexity index is 4350. The van der Waals surface area contributed by atoms with Crippen molar-refractivity contribution in [1.29, 1.82) is 0 Å². The molecule has 0 aliphatic carbocycles. The van der Waals surface area contributed by atoms with E-state index < -0.39 is 109 Å². The Balaban J connectivity index is 1.29. The number of para-hydroxylation sites is 1. The van der Waals surface area contributed by atoms with Crippen LogP contribution >= 0.6 is 0 Å². The standard InChI is InChI=1S/C50H28O/c1-2-10-45-40(9-1)41-24-20-36(28-46(41)51-45)38-22-19-35(37-21-15-33-13-11-29-5-3-7-31-17-25-42(37)49(33)47(29)31)27-44(38)39-23-16-34-14-12-30-6-4-8-32-18-26-43(39)50(34)48(30)32/h1-28H/i3D,4D,5D,6D,7D,8D,11D,12D,13D,14D,15D,16D,17D,18D,21D,23D,25D,26D. The molecule has 51 heavy (non-hydrogen) atoms. The van der Waals surface area contributed by atoms with Crippen LogP contribution < -0.4 is 0 Å². The van der Waals surface area contributed by atoms with Gasteiger partial charge in [-0.2, -0.15) is 0 Å². The van der Waals surface area contributed by atoms with Gasteiger partial charge < -0.3 is 4.42 Å². The number of furan rings is 1. The Labute approximate surface area is 318 Å². The minimum absolute atomic E-state index is 0.0223. The molecular formula is C50H28O. The van der Waals surface area contributed by atoms with Crippen molar-refractivity contribution in [3.63, 3.8) is 0 Å². The Morgan fingerprint density at radius 1 is 0.333 bits per heavy atom. The Kier molecular flexibility index (Phi) is 3.01. The molecule has 11 aromatic carbocycles. The normalized spacial score (nSPS) is 17.3. The molecule has 0 aliphatic heterocycles. The van der Waals surface area contributed by atoms with Gasteiger partial charge in [-0.3, -0.25) is 0 Å². The van der Waals surface area contributed by atoms with Gasteiger partial charge in [0.15, 0.2) is 0 Å². The summed E-state index contributed by atoms with van der Waals surface area (Å²) in [5.74, 6) is 0. The van der Waals surface area contributed by atoms with Gasteiger partial charge in [0.1, 0.15) is 11.2 Å². The van der Waals surface area contributed by atoms with Crippen molar-refractivity contribution in [1.82, 2.24) is 0 Å². The minimum atomic E-state index is -0.613. The largest absolute Gasteiger partial charge is 0.456 e. The number of hydrogen-bond donors (Lipinski definition) is 0. The van der Waals surface area contributed by atoms with Crippen LogP contribution in [0, 0.1) is 0 Å². The fourth-order valence-electron chi connectivity index (χ4n) is 7.60. The van der Waals surface area contributed by atoms with Gasteiger partial charge in [0.25, 0.3) is 0 Å². The van der Waals surface area contributed by atoms with Crippen LogP contribution in [0.2, 0.25) is 0 Å². The minimum Gasteiger partial charge on any atom is -0.456 e. The summed E-state index contributed by atoms with van der Waals surface area (Å²) in [6.07, 6.45) is 0. The molecule has 0 saturated carbocycles. The second-order valence-electron chi connectivity index (χ2n) is 12.6. The Morgan fingerprint density at radius 2 is 0.843 bits per heavy atom. The second kappa shape index (κ2) is 9.94. The van der Waals surface area contributed by atoms with Crippen molar-refractivity contribution in [3.8, 4) is 33.4 Å². The zero-order valence-electron chi connectivity index (χ0n) is 44.2. The van der Waals surface area contributed by atoms with E-state index in [1.54, 1.807) is 24.3 Å². The first-order chi connectivity index (χ1) is 32.8.